The zero-order chi connectivity index (χ0) is 19.1. The molecule has 0 bridgehead atoms. The Balaban J connectivity index is 1.35. The van der Waals surface area contributed by atoms with Gasteiger partial charge in [0.25, 0.3) is 0 Å². The van der Waals surface area contributed by atoms with E-state index < -0.39 is 0 Å². The zero-order valence-corrected chi connectivity index (χ0v) is 16.8. The number of nitrogens with zero attached hydrogens (tertiary/aromatic N) is 3. The first-order valence-electron chi connectivity index (χ1n) is 10.3. The SMILES string of the molecule is O=C1CCCN1c1nc(CC(=O)N(C2CC2)C2CCCc3ccccc32)cs1. The second-order valence-electron chi connectivity index (χ2n) is 8.09. The first-order chi connectivity index (χ1) is 13.7. The van der Waals surface area contributed by atoms with E-state index in [-0.39, 0.29) is 17.9 Å². The first kappa shape index (κ1) is 17.9. The van der Waals surface area contributed by atoms with Crippen molar-refractivity contribution in [3.8, 4) is 0 Å². The highest BCUT2D eigenvalue weighted by Crippen LogP contribution is 2.41. The van der Waals surface area contributed by atoms with Gasteiger partial charge in [0.2, 0.25) is 11.8 Å². The summed E-state index contributed by atoms with van der Waals surface area (Å²) >= 11 is 1.48. The summed E-state index contributed by atoms with van der Waals surface area (Å²) in [6.07, 6.45) is 7.32. The standard InChI is InChI=1S/C22H25N3O2S/c26-20-9-4-12-24(20)22-23-16(14-28-22)13-21(27)25(17-10-11-17)19-8-3-6-15-5-1-2-7-18(15)19/h1-2,5,7,14,17,19H,3-4,6,8-13H2. The lowest BCUT2D eigenvalue weighted by molar-refractivity contribution is -0.134. The summed E-state index contributed by atoms with van der Waals surface area (Å²) in [5, 5.41) is 2.69. The van der Waals surface area contributed by atoms with Crippen LogP contribution < -0.4 is 4.90 Å². The Morgan fingerprint density at radius 2 is 2.04 bits per heavy atom. The normalized spacial score (nSPS) is 21.6. The van der Waals surface area contributed by atoms with Crippen molar-refractivity contribution in [1.29, 1.82) is 0 Å². The molecule has 0 radical (unpaired) electrons. The first-order valence-corrected chi connectivity index (χ1v) is 11.2. The number of hydrogen-bond acceptors (Lipinski definition) is 4. The number of carbonyl (C=O) groups is 2. The van der Waals surface area contributed by atoms with Crippen LogP contribution in [0, 0.1) is 0 Å². The molecule has 1 atom stereocenters. The van der Waals surface area contributed by atoms with Crippen LogP contribution in [-0.2, 0) is 22.4 Å². The van der Waals surface area contributed by atoms with Crippen LogP contribution in [0.3, 0.4) is 0 Å². The molecule has 2 fully saturated rings. The molecule has 146 valence electrons. The van der Waals surface area contributed by atoms with Crippen LogP contribution in [0.15, 0.2) is 29.6 Å². The fourth-order valence-electron chi connectivity index (χ4n) is 4.60. The molecule has 2 amide bonds. The van der Waals surface area contributed by atoms with E-state index >= 15 is 0 Å². The zero-order valence-electron chi connectivity index (χ0n) is 16.0. The number of fused-ring (bicyclic) bond motifs is 1. The molecular weight excluding hydrogens is 370 g/mol. The molecule has 6 heteroatoms. The van der Waals surface area contributed by atoms with Gasteiger partial charge in [-0.1, -0.05) is 24.3 Å². The average molecular weight is 396 g/mol. The smallest absolute Gasteiger partial charge is 0.229 e. The minimum atomic E-state index is 0.144. The largest absolute Gasteiger partial charge is 0.332 e. The van der Waals surface area contributed by atoms with E-state index in [1.807, 2.05) is 5.38 Å². The van der Waals surface area contributed by atoms with Gasteiger partial charge in [0.05, 0.1) is 18.2 Å². The lowest BCUT2D eigenvalue weighted by Gasteiger charge is -2.36. The molecule has 2 aromatic rings. The minimum absolute atomic E-state index is 0.144. The molecule has 1 aromatic carbocycles. The van der Waals surface area contributed by atoms with Crippen molar-refractivity contribution < 1.29 is 9.59 Å². The number of thiazole rings is 1. The molecule has 1 saturated heterocycles. The maximum absolute atomic E-state index is 13.3. The predicted octanol–water partition coefficient (Wildman–Crippen LogP) is 3.88. The Morgan fingerprint density at radius 3 is 2.82 bits per heavy atom. The Kier molecular flexibility index (Phi) is 4.67. The van der Waals surface area contributed by atoms with Crippen molar-refractivity contribution in [1.82, 2.24) is 9.88 Å². The van der Waals surface area contributed by atoms with E-state index in [1.54, 1.807) is 4.90 Å². The van der Waals surface area contributed by atoms with Crippen LogP contribution in [0.25, 0.3) is 0 Å². The predicted molar refractivity (Wildman–Crippen MR) is 109 cm³/mol. The number of aryl methyl sites for hydroxylation is 1. The minimum Gasteiger partial charge on any atom is -0.332 e. The quantitative estimate of drug-likeness (QED) is 0.772. The van der Waals surface area contributed by atoms with Crippen molar-refractivity contribution in [2.75, 3.05) is 11.4 Å². The number of benzene rings is 1. The Labute approximate surface area is 169 Å². The number of anilines is 1. The van der Waals surface area contributed by atoms with Crippen LogP contribution in [0.4, 0.5) is 5.13 Å². The lowest BCUT2D eigenvalue weighted by atomic mass is 9.86. The molecule has 1 saturated carbocycles. The summed E-state index contributed by atoms with van der Waals surface area (Å²) in [6, 6.07) is 9.16. The van der Waals surface area contributed by atoms with Gasteiger partial charge in [-0.2, -0.15) is 0 Å². The van der Waals surface area contributed by atoms with Crippen molar-refractivity contribution in [2.24, 2.45) is 0 Å². The highest BCUT2D eigenvalue weighted by Gasteiger charge is 2.39. The maximum atomic E-state index is 13.3. The van der Waals surface area contributed by atoms with E-state index in [0.717, 1.165) is 55.9 Å². The highest BCUT2D eigenvalue weighted by atomic mass is 32.1. The monoisotopic (exact) mass is 395 g/mol. The molecule has 0 N–H and O–H groups in total. The summed E-state index contributed by atoms with van der Waals surface area (Å²) in [6.45, 7) is 0.743. The van der Waals surface area contributed by atoms with Crippen molar-refractivity contribution in [2.45, 2.75) is 63.5 Å². The average Bonchev–Trinajstić information content (AvgIpc) is 3.27. The van der Waals surface area contributed by atoms with E-state index in [0.29, 0.717) is 18.9 Å². The Bertz CT molecular complexity index is 905. The van der Waals surface area contributed by atoms with Gasteiger partial charge in [0.1, 0.15) is 0 Å². The van der Waals surface area contributed by atoms with E-state index in [9.17, 15) is 9.59 Å². The molecule has 1 aromatic heterocycles. The van der Waals surface area contributed by atoms with Gasteiger partial charge in [-0.3, -0.25) is 14.5 Å². The topological polar surface area (TPSA) is 53.5 Å². The number of rotatable bonds is 5. The molecule has 2 aliphatic carbocycles. The third-order valence-corrected chi connectivity index (χ3v) is 6.99. The molecular formula is C22H25N3O2S. The number of hydrogen-bond donors (Lipinski definition) is 0. The van der Waals surface area contributed by atoms with Crippen molar-refractivity contribution in [3.05, 3.63) is 46.5 Å². The molecule has 28 heavy (non-hydrogen) atoms. The van der Waals surface area contributed by atoms with Gasteiger partial charge >= 0.3 is 0 Å². The fourth-order valence-corrected chi connectivity index (χ4v) is 5.47. The Hall–Kier alpha value is -2.21. The molecule has 5 rings (SSSR count). The van der Waals surface area contributed by atoms with Gasteiger partial charge in [0, 0.05) is 24.4 Å². The van der Waals surface area contributed by atoms with Crippen LogP contribution in [0.2, 0.25) is 0 Å². The van der Waals surface area contributed by atoms with Crippen LogP contribution in [-0.4, -0.2) is 34.3 Å². The number of amides is 2. The molecule has 5 nitrogen and oxygen atoms in total. The third-order valence-electron chi connectivity index (χ3n) is 6.08. The second-order valence-corrected chi connectivity index (χ2v) is 8.92. The summed E-state index contributed by atoms with van der Waals surface area (Å²) < 4.78 is 0. The summed E-state index contributed by atoms with van der Waals surface area (Å²) in [4.78, 5) is 33.8. The van der Waals surface area contributed by atoms with Gasteiger partial charge in [-0.25, -0.2) is 4.98 Å². The fraction of sp³-hybridized carbons (Fsp3) is 0.500. The molecule has 0 spiro atoms. The van der Waals surface area contributed by atoms with Crippen LogP contribution in [0.5, 0.6) is 0 Å². The highest BCUT2D eigenvalue weighted by molar-refractivity contribution is 7.14. The molecule has 2 heterocycles. The van der Waals surface area contributed by atoms with Crippen molar-refractivity contribution >= 4 is 28.3 Å². The summed E-state index contributed by atoms with van der Waals surface area (Å²) in [7, 11) is 0. The van der Waals surface area contributed by atoms with E-state index in [2.05, 4.69) is 34.1 Å². The van der Waals surface area contributed by atoms with Crippen molar-refractivity contribution in [3.63, 3.8) is 0 Å². The molecule has 3 aliphatic rings. The van der Waals surface area contributed by atoms with Gasteiger partial charge in [0.15, 0.2) is 5.13 Å². The third kappa shape index (κ3) is 3.34. The number of carbonyl (C=O) groups excluding carboxylic acids is 2. The van der Waals surface area contributed by atoms with E-state index in [1.165, 1.54) is 22.5 Å². The Morgan fingerprint density at radius 1 is 1.18 bits per heavy atom. The number of aromatic nitrogens is 1. The molecule has 1 aliphatic heterocycles. The summed E-state index contributed by atoms with van der Waals surface area (Å²) in [5.74, 6) is 0.319. The van der Waals surface area contributed by atoms with Gasteiger partial charge < -0.3 is 4.90 Å². The van der Waals surface area contributed by atoms with Gasteiger partial charge in [-0.05, 0) is 49.7 Å². The van der Waals surface area contributed by atoms with Crippen LogP contribution >= 0.6 is 11.3 Å². The molecule has 1 unspecified atom stereocenters. The maximum Gasteiger partial charge on any atom is 0.229 e. The van der Waals surface area contributed by atoms with Gasteiger partial charge in [-0.15, -0.1) is 11.3 Å². The lowest BCUT2D eigenvalue weighted by Crippen LogP contribution is -2.39. The second kappa shape index (κ2) is 7.32. The van der Waals surface area contributed by atoms with Crippen LogP contribution in [0.1, 0.15) is 61.4 Å². The van der Waals surface area contributed by atoms with E-state index in [4.69, 9.17) is 0 Å². The summed E-state index contributed by atoms with van der Waals surface area (Å²) in [5.41, 5.74) is 3.51.